The Morgan fingerprint density at radius 3 is 3.25 bits per heavy atom. The molecule has 1 aromatic heterocycles. The van der Waals surface area contributed by atoms with E-state index in [4.69, 9.17) is 6.46 Å². The van der Waals surface area contributed by atoms with Crippen molar-refractivity contribution in [3.63, 3.8) is 0 Å². The van der Waals surface area contributed by atoms with E-state index in [0.717, 1.165) is 0 Å². The second-order valence-electron chi connectivity index (χ2n) is 1.41. The van der Waals surface area contributed by atoms with Gasteiger partial charge < -0.3 is 10.1 Å². The fourth-order valence-corrected chi connectivity index (χ4v) is 1.08. The molecule has 0 aliphatic carbocycles. The number of rotatable bonds is 2. The smallest absolute Gasteiger partial charge is 0.423 e. The summed E-state index contributed by atoms with van der Waals surface area (Å²) in [5, 5.41) is 16.3. The van der Waals surface area contributed by atoms with Gasteiger partial charge in [-0.25, -0.2) is 0 Å². The molecular formula is C4H5BO2S. The zero-order valence-electron chi connectivity index (χ0n) is 5.07. The van der Waals surface area contributed by atoms with Crippen LogP contribution in [0.3, 0.4) is 0 Å². The van der Waals surface area contributed by atoms with Crippen molar-refractivity contribution in [3.8, 4) is 0 Å². The van der Waals surface area contributed by atoms with E-state index in [1.165, 1.54) is 11.3 Å². The van der Waals surface area contributed by atoms with Crippen molar-refractivity contribution in [1.29, 1.82) is 1.43 Å². The third-order valence-corrected chi connectivity index (χ3v) is 1.53. The summed E-state index contributed by atoms with van der Waals surface area (Å²) in [6.07, 6.45) is 0. The molecule has 0 bridgehead atoms. The average molecular weight is 130 g/mol. The van der Waals surface area contributed by atoms with E-state index in [1.807, 2.05) is 5.38 Å². The summed E-state index contributed by atoms with van der Waals surface area (Å²) in [5.74, 6) is 0. The van der Waals surface area contributed by atoms with Gasteiger partial charge >= 0.3 is 7.12 Å². The van der Waals surface area contributed by atoms with Crippen LogP contribution in [0.5, 0.6) is 0 Å². The minimum absolute atomic E-state index is 0.634. The van der Waals surface area contributed by atoms with Gasteiger partial charge in [0, 0.05) is 0 Å². The fraction of sp³-hybridized carbons (Fsp3) is 0. The van der Waals surface area contributed by atoms with Crippen LogP contribution in [-0.2, 0) is 0 Å². The standard InChI is InChI=1S/C4H5BO2S/c6-5(7)4-1-2-8-3-4/h1-3,6-7H/i6T. The molecule has 0 radical (unpaired) electrons. The third kappa shape index (κ3) is 1.09. The maximum absolute atomic E-state index is 8.82. The van der Waals surface area contributed by atoms with Crippen LogP contribution in [0.2, 0.25) is 0 Å². The first-order chi connectivity index (χ1) is 4.34. The van der Waals surface area contributed by atoms with Crippen molar-refractivity contribution < 1.29 is 10.1 Å². The monoisotopic (exact) mass is 130 g/mol. The van der Waals surface area contributed by atoms with Crippen LogP contribution in [-0.4, -0.2) is 18.6 Å². The predicted molar refractivity (Wildman–Crippen MR) is 34.1 cm³/mol. The van der Waals surface area contributed by atoms with E-state index in [2.05, 4.69) is 5.03 Å². The molecular weight excluding hydrogens is 123 g/mol. The van der Waals surface area contributed by atoms with Crippen LogP contribution < -0.4 is 5.46 Å². The second-order valence-corrected chi connectivity index (χ2v) is 2.19. The van der Waals surface area contributed by atoms with Gasteiger partial charge in [-0.2, -0.15) is 11.3 Å². The van der Waals surface area contributed by atoms with E-state index < -0.39 is 7.12 Å². The molecule has 0 saturated carbocycles. The summed E-state index contributed by atoms with van der Waals surface area (Å²) >= 11 is 1.46. The molecule has 0 amide bonds. The normalized spacial score (nSPS) is 10.9. The van der Waals surface area contributed by atoms with Crippen LogP contribution >= 0.6 is 11.3 Å². The molecule has 1 aromatic rings. The maximum Gasteiger partial charge on any atom is 0.489 e. The maximum atomic E-state index is 8.82. The molecule has 0 aromatic carbocycles. The molecule has 4 heteroatoms. The molecule has 2 N–H and O–H groups in total. The van der Waals surface area contributed by atoms with Gasteiger partial charge in [0.05, 0.1) is 0 Å². The Hall–Kier alpha value is -0.315. The van der Waals surface area contributed by atoms with E-state index in [0.29, 0.717) is 5.46 Å². The number of thiophene rings is 1. The van der Waals surface area contributed by atoms with Gasteiger partial charge in [0.2, 0.25) is 0 Å². The molecule has 0 unspecified atom stereocenters. The molecule has 0 aliphatic rings. The van der Waals surface area contributed by atoms with Gasteiger partial charge in [-0.1, -0.05) is 6.07 Å². The Kier molecular flexibility index (Phi) is 1.31. The molecule has 2 nitrogen and oxygen atoms in total. The molecule has 0 spiro atoms. The molecule has 42 valence electrons. The van der Waals surface area contributed by atoms with E-state index in [9.17, 15) is 0 Å². The summed E-state index contributed by atoms with van der Waals surface area (Å²) in [6, 6.07) is 1.71. The lowest BCUT2D eigenvalue weighted by atomic mass is 9.83. The number of hydrogen-bond acceptors (Lipinski definition) is 3. The predicted octanol–water partition coefficient (Wildman–Crippen LogP) is -0.572. The molecule has 0 saturated heterocycles. The molecule has 0 aliphatic heterocycles. The highest BCUT2D eigenvalue weighted by Crippen LogP contribution is 1.92. The Labute approximate surface area is 53.0 Å². The van der Waals surface area contributed by atoms with Crippen LogP contribution in [0, 0.1) is 0 Å². The van der Waals surface area contributed by atoms with Gasteiger partial charge in [-0.05, 0) is 16.2 Å². The van der Waals surface area contributed by atoms with Crippen LogP contribution in [0.4, 0.5) is 0 Å². The molecule has 1 rings (SSSR count). The summed E-state index contributed by atoms with van der Waals surface area (Å²) < 4.78 is 6.34. The average Bonchev–Trinajstić information content (AvgIpc) is 2.37. The highest BCUT2D eigenvalue weighted by molar-refractivity contribution is 7.09. The summed E-state index contributed by atoms with van der Waals surface area (Å²) in [5.41, 5.74) is 0.634. The van der Waals surface area contributed by atoms with Gasteiger partial charge in [-0.15, -0.1) is 0 Å². The first kappa shape index (κ1) is 4.55. The lowest BCUT2D eigenvalue weighted by Gasteiger charge is -1.87. The number of hydrogen-bond donors (Lipinski definition) is 2. The second kappa shape index (κ2) is 2.30. The van der Waals surface area contributed by atoms with Crippen molar-refractivity contribution in [1.82, 2.24) is 0 Å². The van der Waals surface area contributed by atoms with Crippen molar-refractivity contribution in [3.05, 3.63) is 16.8 Å². The summed E-state index contributed by atoms with van der Waals surface area (Å²) in [4.78, 5) is 0. The van der Waals surface area contributed by atoms with E-state index in [1.54, 1.807) is 11.4 Å². The van der Waals surface area contributed by atoms with Crippen molar-refractivity contribution in [2.45, 2.75) is 0 Å². The molecule has 0 atom stereocenters. The summed E-state index contributed by atoms with van der Waals surface area (Å²) in [6.45, 7) is 0. The zero-order valence-corrected chi connectivity index (χ0v) is 4.89. The SMILES string of the molecule is [3H]OB(O)c1ccsc1. The van der Waals surface area contributed by atoms with Crippen LogP contribution in [0.25, 0.3) is 0 Å². The molecule has 0 fully saturated rings. The van der Waals surface area contributed by atoms with Crippen LogP contribution in [0.15, 0.2) is 16.8 Å². The topological polar surface area (TPSA) is 40.5 Å². The first-order valence-electron chi connectivity index (χ1n) is 2.57. The lowest BCUT2D eigenvalue weighted by Crippen LogP contribution is -2.27. The Balaban J connectivity index is 2.65. The highest BCUT2D eigenvalue weighted by Gasteiger charge is 2.08. The largest absolute Gasteiger partial charge is 0.489 e. The van der Waals surface area contributed by atoms with Crippen molar-refractivity contribution >= 4 is 23.9 Å². The summed E-state index contributed by atoms with van der Waals surface area (Å²) in [7, 11) is -1.09. The van der Waals surface area contributed by atoms with Crippen molar-refractivity contribution in [2.24, 2.45) is 0 Å². The Morgan fingerprint density at radius 1 is 1.88 bits per heavy atom. The van der Waals surface area contributed by atoms with Crippen LogP contribution in [0.1, 0.15) is 0 Å². The van der Waals surface area contributed by atoms with E-state index in [-0.39, 0.29) is 0 Å². The molecule has 8 heavy (non-hydrogen) atoms. The third-order valence-electron chi connectivity index (χ3n) is 0.828. The van der Waals surface area contributed by atoms with Crippen molar-refractivity contribution in [2.75, 3.05) is 0 Å². The van der Waals surface area contributed by atoms with Gasteiger partial charge in [0.15, 0.2) is 1.43 Å². The molecule has 1 heterocycles. The zero-order chi connectivity index (χ0) is 6.69. The Morgan fingerprint density at radius 2 is 2.75 bits per heavy atom. The minimum atomic E-state index is -1.09. The minimum Gasteiger partial charge on any atom is -0.423 e. The van der Waals surface area contributed by atoms with E-state index >= 15 is 0 Å². The van der Waals surface area contributed by atoms with Gasteiger partial charge in [-0.3, -0.25) is 0 Å². The first-order valence-corrected chi connectivity index (χ1v) is 3.11. The Bertz CT molecular complexity index is 167. The lowest BCUT2D eigenvalue weighted by molar-refractivity contribution is 0.426. The van der Waals surface area contributed by atoms with Gasteiger partial charge in [0.25, 0.3) is 0 Å². The fourth-order valence-electron chi connectivity index (χ4n) is 0.416. The quantitative estimate of drug-likeness (QED) is 0.526. The highest BCUT2D eigenvalue weighted by atomic mass is 32.1. The van der Waals surface area contributed by atoms with Gasteiger partial charge in [0.1, 0.15) is 0 Å².